The van der Waals surface area contributed by atoms with E-state index in [2.05, 4.69) is 12.2 Å². The molecule has 0 radical (unpaired) electrons. The van der Waals surface area contributed by atoms with Crippen molar-refractivity contribution in [2.75, 3.05) is 16.3 Å². The predicted octanol–water partition coefficient (Wildman–Crippen LogP) is 3.92. The summed E-state index contributed by atoms with van der Waals surface area (Å²) in [5.74, 6) is -1.45. The fourth-order valence-corrected chi connectivity index (χ4v) is 6.14. The molecule has 2 bridgehead atoms. The van der Waals surface area contributed by atoms with Crippen LogP contribution in [0.4, 0.5) is 11.4 Å². The Morgan fingerprint density at radius 2 is 1.63 bits per heavy atom. The van der Waals surface area contributed by atoms with E-state index in [9.17, 15) is 19.2 Å². The summed E-state index contributed by atoms with van der Waals surface area (Å²) in [6, 6.07) is 11.8. The highest BCUT2D eigenvalue weighted by molar-refractivity contribution is 6.30. The molecule has 0 spiro atoms. The molecule has 1 saturated carbocycles. The lowest BCUT2D eigenvalue weighted by Gasteiger charge is -2.20. The van der Waals surface area contributed by atoms with Gasteiger partial charge in [-0.3, -0.25) is 19.2 Å². The molecule has 4 aliphatic rings. The summed E-state index contributed by atoms with van der Waals surface area (Å²) in [5, 5.41) is 0.569. The molecule has 3 fully saturated rings. The van der Waals surface area contributed by atoms with Crippen LogP contribution in [0.5, 0.6) is 5.75 Å². The third kappa shape index (κ3) is 3.48. The highest BCUT2D eigenvalue weighted by Gasteiger charge is 2.59. The van der Waals surface area contributed by atoms with E-state index in [1.807, 2.05) is 0 Å². The smallest absolute Gasteiger partial charge is 0.316 e. The second kappa shape index (κ2) is 8.05. The van der Waals surface area contributed by atoms with Gasteiger partial charge in [-0.15, -0.1) is 0 Å². The van der Waals surface area contributed by atoms with Crippen molar-refractivity contribution in [1.29, 1.82) is 0 Å². The number of anilines is 2. The van der Waals surface area contributed by atoms with Gasteiger partial charge in [-0.05, 0) is 73.2 Å². The van der Waals surface area contributed by atoms with Crippen LogP contribution in [-0.4, -0.2) is 30.2 Å². The number of nitrogens with zero attached hydrogens (tertiary/aromatic N) is 2. The molecule has 3 amide bonds. The molecule has 5 atom stereocenters. The molecule has 2 heterocycles. The molecule has 0 N–H and O–H groups in total. The van der Waals surface area contributed by atoms with Gasteiger partial charge < -0.3 is 9.64 Å². The molecule has 178 valence electrons. The number of fused-ring (bicyclic) bond motifs is 5. The van der Waals surface area contributed by atoms with E-state index in [4.69, 9.17) is 16.3 Å². The van der Waals surface area contributed by atoms with E-state index in [-0.39, 0.29) is 54.4 Å². The summed E-state index contributed by atoms with van der Waals surface area (Å²) < 4.78 is 5.58. The summed E-state index contributed by atoms with van der Waals surface area (Å²) in [4.78, 5) is 54.4. The van der Waals surface area contributed by atoms with Crippen LogP contribution in [0.25, 0.3) is 0 Å². The zero-order chi connectivity index (χ0) is 24.4. The molecule has 2 aliphatic carbocycles. The van der Waals surface area contributed by atoms with Crippen LogP contribution in [0.3, 0.4) is 0 Å². The molecule has 2 aliphatic heterocycles. The standard InChI is InChI=1S/C27H23ClN2O5/c1-14-10-20(35-27(34)17-12-22(31)29(13-17)19-6-4-18(28)5-7-19)8-9-21(14)30-25(32)23-15-2-3-16(11-15)24(23)26(30)33/h2-10,15-17,23-24H,11-13H2,1H3/t15-,16+,17-,23-,24+/m0/s1. The van der Waals surface area contributed by atoms with Crippen LogP contribution < -0.4 is 14.5 Å². The molecule has 2 aromatic rings. The summed E-state index contributed by atoms with van der Waals surface area (Å²) in [6.45, 7) is 2.02. The normalized spacial score (nSPS) is 28.9. The molecule has 0 unspecified atom stereocenters. The van der Waals surface area contributed by atoms with Gasteiger partial charge in [0.25, 0.3) is 0 Å². The molecule has 6 rings (SSSR count). The minimum Gasteiger partial charge on any atom is -0.426 e. The number of allylic oxidation sites excluding steroid dienone is 2. The average Bonchev–Trinajstić information content (AvgIpc) is 3.59. The first-order valence-corrected chi connectivity index (χ1v) is 12.1. The minimum absolute atomic E-state index is 0.0639. The van der Waals surface area contributed by atoms with Crippen molar-refractivity contribution in [3.8, 4) is 5.75 Å². The number of hydrogen-bond acceptors (Lipinski definition) is 5. The van der Waals surface area contributed by atoms with Crippen molar-refractivity contribution in [1.82, 2.24) is 0 Å². The fraction of sp³-hybridized carbons (Fsp3) is 0.333. The van der Waals surface area contributed by atoms with Gasteiger partial charge in [0.15, 0.2) is 0 Å². The zero-order valence-electron chi connectivity index (χ0n) is 19.0. The molecule has 7 nitrogen and oxygen atoms in total. The lowest BCUT2D eigenvalue weighted by atomic mass is 9.85. The lowest BCUT2D eigenvalue weighted by molar-refractivity contribution is -0.139. The summed E-state index contributed by atoms with van der Waals surface area (Å²) in [7, 11) is 0. The number of halogens is 1. The lowest BCUT2D eigenvalue weighted by Crippen LogP contribution is -2.33. The first-order chi connectivity index (χ1) is 16.8. The highest BCUT2D eigenvalue weighted by atomic mass is 35.5. The van der Waals surface area contributed by atoms with Crippen LogP contribution in [0.1, 0.15) is 18.4 Å². The van der Waals surface area contributed by atoms with E-state index in [1.165, 1.54) is 4.90 Å². The number of rotatable bonds is 4. The van der Waals surface area contributed by atoms with Gasteiger partial charge in [-0.25, -0.2) is 4.90 Å². The molecule has 0 aromatic heterocycles. The predicted molar refractivity (Wildman–Crippen MR) is 129 cm³/mol. The van der Waals surface area contributed by atoms with Crippen molar-refractivity contribution in [2.45, 2.75) is 19.8 Å². The molecular formula is C27H23ClN2O5. The molecule has 2 aromatic carbocycles. The number of esters is 1. The summed E-state index contributed by atoms with van der Waals surface area (Å²) >= 11 is 5.92. The van der Waals surface area contributed by atoms with Gasteiger partial charge >= 0.3 is 5.97 Å². The average molecular weight is 491 g/mol. The maximum atomic E-state index is 13.1. The molecule has 8 heteroatoms. The van der Waals surface area contributed by atoms with Crippen LogP contribution in [0.2, 0.25) is 5.02 Å². The second-order valence-electron chi connectivity index (χ2n) is 9.76. The monoisotopic (exact) mass is 490 g/mol. The van der Waals surface area contributed by atoms with Crippen molar-refractivity contribution in [2.24, 2.45) is 29.6 Å². The zero-order valence-corrected chi connectivity index (χ0v) is 19.8. The van der Waals surface area contributed by atoms with E-state index in [0.717, 1.165) is 6.42 Å². The van der Waals surface area contributed by atoms with Crippen LogP contribution >= 0.6 is 11.6 Å². The number of carbonyl (C=O) groups excluding carboxylic acids is 4. The topological polar surface area (TPSA) is 84.0 Å². The Hall–Kier alpha value is -3.45. The largest absolute Gasteiger partial charge is 0.426 e. The first-order valence-electron chi connectivity index (χ1n) is 11.8. The number of imide groups is 1. The first kappa shape index (κ1) is 22.0. The van der Waals surface area contributed by atoms with Gasteiger partial charge in [-0.1, -0.05) is 23.8 Å². The van der Waals surface area contributed by atoms with Crippen molar-refractivity contribution < 1.29 is 23.9 Å². The van der Waals surface area contributed by atoms with Gasteiger partial charge in [0.05, 0.1) is 23.4 Å². The number of aryl methyl sites for hydroxylation is 1. The number of amides is 3. The van der Waals surface area contributed by atoms with E-state index in [0.29, 0.717) is 27.7 Å². The highest BCUT2D eigenvalue weighted by Crippen LogP contribution is 2.53. The minimum atomic E-state index is -0.595. The van der Waals surface area contributed by atoms with E-state index < -0.39 is 11.9 Å². The van der Waals surface area contributed by atoms with Gasteiger partial charge in [0.1, 0.15) is 5.75 Å². The molecule has 35 heavy (non-hydrogen) atoms. The van der Waals surface area contributed by atoms with Gasteiger partial charge in [-0.2, -0.15) is 0 Å². The van der Waals surface area contributed by atoms with Crippen molar-refractivity contribution >= 4 is 46.7 Å². The van der Waals surface area contributed by atoms with Crippen LogP contribution in [-0.2, 0) is 19.2 Å². The third-order valence-electron chi connectivity index (χ3n) is 7.69. The third-order valence-corrected chi connectivity index (χ3v) is 7.95. The van der Waals surface area contributed by atoms with Crippen LogP contribution in [0.15, 0.2) is 54.6 Å². The van der Waals surface area contributed by atoms with Crippen LogP contribution in [0, 0.1) is 36.5 Å². The summed E-state index contributed by atoms with van der Waals surface area (Å²) in [6.07, 6.45) is 5.08. The maximum Gasteiger partial charge on any atom is 0.316 e. The maximum absolute atomic E-state index is 13.1. The second-order valence-corrected chi connectivity index (χ2v) is 10.2. The van der Waals surface area contributed by atoms with Gasteiger partial charge in [0.2, 0.25) is 17.7 Å². The number of ether oxygens (including phenoxy) is 1. The van der Waals surface area contributed by atoms with Gasteiger partial charge in [0, 0.05) is 23.7 Å². The number of carbonyl (C=O) groups is 4. The Kier molecular flexibility index (Phi) is 5.07. The Balaban J connectivity index is 1.15. The fourth-order valence-electron chi connectivity index (χ4n) is 6.02. The quantitative estimate of drug-likeness (QED) is 0.281. The Morgan fingerprint density at radius 3 is 2.26 bits per heavy atom. The SMILES string of the molecule is Cc1cc(OC(=O)[C@H]2CC(=O)N(c3ccc(Cl)cc3)C2)ccc1N1C(=O)[C@@H]2[C@H](C1=O)[C@@H]1C=C[C@H]2C1. The number of hydrogen-bond donors (Lipinski definition) is 0. The summed E-state index contributed by atoms with van der Waals surface area (Å²) in [5.41, 5.74) is 1.88. The van der Waals surface area contributed by atoms with E-state index >= 15 is 0 Å². The molecule has 2 saturated heterocycles. The molecular weight excluding hydrogens is 468 g/mol. The van der Waals surface area contributed by atoms with E-state index in [1.54, 1.807) is 54.3 Å². The van der Waals surface area contributed by atoms with Crippen molar-refractivity contribution in [3.05, 3.63) is 65.2 Å². The van der Waals surface area contributed by atoms with Crippen molar-refractivity contribution in [3.63, 3.8) is 0 Å². The Morgan fingerprint density at radius 1 is 0.971 bits per heavy atom. The Labute approximate surface area is 207 Å². The number of benzene rings is 2. The Bertz CT molecular complexity index is 1270.